The second-order valence-electron chi connectivity index (χ2n) is 9.89. The van der Waals surface area contributed by atoms with Crippen molar-refractivity contribution in [3.05, 3.63) is 48.0 Å². The van der Waals surface area contributed by atoms with Gasteiger partial charge in [0.2, 0.25) is 10.0 Å². The van der Waals surface area contributed by atoms with Crippen molar-refractivity contribution in [2.45, 2.75) is 25.2 Å². The Morgan fingerprint density at radius 2 is 1.66 bits per heavy atom. The number of hydrogen-bond acceptors (Lipinski definition) is 7. The van der Waals surface area contributed by atoms with Crippen molar-refractivity contribution in [3.8, 4) is 11.5 Å². The molecule has 2 saturated heterocycles. The Morgan fingerprint density at radius 1 is 1.00 bits per heavy atom. The fourth-order valence-electron chi connectivity index (χ4n) is 4.84. The normalized spacial score (nSPS) is 20.6. The number of piperidine rings is 1. The van der Waals surface area contributed by atoms with Crippen LogP contribution >= 0.6 is 0 Å². The van der Waals surface area contributed by atoms with Gasteiger partial charge in [-0.15, -0.1) is 0 Å². The van der Waals surface area contributed by atoms with Gasteiger partial charge in [0.05, 0.1) is 25.2 Å². The first-order valence-corrected chi connectivity index (χ1v) is 14.2. The van der Waals surface area contributed by atoms with Crippen LogP contribution < -0.4 is 14.8 Å². The van der Waals surface area contributed by atoms with E-state index in [4.69, 9.17) is 14.2 Å². The van der Waals surface area contributed by atoms with Crippen LogP contribution in [-0.2, 0) is 19.6 Å². The number of carbonyl (C=O) groups is 2. The van der Waals surface area contributed by atoms with E-state index in [1.807, 2.05) is 0 Å². The number of sulfonamides is 1. The summed E-state index contributed by atoms with van der Waals surface area (Å²) >= 11 is 0. The number of morpholine rings is 1. The predicted octanol–water partition coefficient (Wildman–Crippen LogP) is 2.85. The lowest BCUT2D eigenvalue weighted by Gasteiger charge is -2.34. The van der Waals surface area contributed by atoms with E-state index in [9.17, 15) is 18.0 Å². The number of nitrogens with zero attached hydrogens (tertiary/aromatic N) is 2. The third-order valence-corrected chi connectivity index (χ3v) is 8.57. The number of carbonyl (C=O) groups excluding carboxylic acids is 2. The lowest BCUT2D eigenvalue weighted by Crippen LogP contribution is -2.43. The molecule has 0 unspecified atom stereocenters. The summed E-state index contributed by atoms with van der Waals surface area (Å²) in [5.74, 6) is 0.748. The molecule has 2 aromatic rings. The minimum atomic E-state index is -3.60. The van der Waals surface area contributed by atoms with Crippen LogP contribution in [0.5, 0.6) is 11.5 Å². The molecule has 0 saturated carbocycles. The Bertz CT molecular complexity index is 1230. The summed E-state index contributed by atoms with van der Waals surface area (Å²) in [6, 6.07) is 10.9. The molecule has 2 fully saturated rings. The van der Waals surface area contributed by atoms with Gasteiger partial charge in [-0.1, -0.05) is 13.8 Å². The molecule has 2 aliphatic heterocycles. The summed E-state index contributed by atoms with van der Waals surface area (Å²) in [5, 5.41) is 2.78. The average molecular weight is 546 g/mol. The van der Waals surface area contributed by atoms with Crippen LogP contribution in [0.25, 0.3) is 0 Å². The van der Waals surface area contributed by atoms with Gasteiger partial charge >= 0.3 is 0 Å². The largest absolute Gasteiger partial charge is 0.493 e. The van der Waals surface area contributed by atoms with Gasteiger partial charge in [-0.3, -0.25) is 9.59 Å². The van der Waals surface area contributed by atoms with Gasteiger partial charge < -0.3 is 24.4 Å². The Balaban J connectivity index is 1.38. The predicted molar refractivity (Wildman–Crippen MR) is 142 cm³/mol. The maximum atomic E-state index is 13.1. The Kier molecular flexibility index (Phi) is 8.91. The molecule has 2 amide bonds. The molecule has 2 heterocycles. The minimum absolute atomic E-state index is 0.146. The zero-order valence-electron chi connectivity index (χ0n) is 22.0. The second kappa shape index (κ2) is 12.1. The molecule has 2 aromatic carbocycles. The number of ether oxygens (including phenoxy) is 3. The van der Waals surface area contributed by atoms with Crippen molar-refractivity contribution in [3.63, 3.8) is 0 Å². The zero-order chi connectivity index (χ0) is 27.3. The van der Waals surface area contributed by atoms with Crippen molar-refractivity contribution < 1.29 is 32.2 Å². The highest BCUT2D eigenvalue weighted by Crippen LogP contribution is 2.29. The molecule has 0 aliphatic carbocycles. The zero-order valence-corrected chi connectivity index (χ0v) is 22.8. The minimum Gasteiger partial charge on any atom is -0.493 e. The monoisotopic (exact) mass is 545 g/mol. The van der Waals surface area contributed by atoms with Gasteiger partial charge in [0.25, 0.3) is 11.8 Å². The van der Waals surface area contributed by atoms with Crippen molar-refractivity contribution in [2.75, 3.05) is 58.4 Å². The lowest BCUT2D eigenvalue weighted by molar-refractivity contribution is -0.137. The van der Waals surface area contributed by atoms with E-state index in [1.54, 1.807) is 33.5 Å². The molecule has 1 N–H and O–H groups in total. The van der Waals surface area contributed by atoms with Gasteiger partial charge in [-0.25, -0.2) is 8.42 Å². The fraction of sp³-hybridized carbons (Fsp3) is 0.481. The number of nitrogens with one attached hydrogen (secondary N) is 1. The number of hydrogen-bond donors (Lipinski definition) is 1. The molecule has 206 valence electrons. The number of amides is 2. The Labute approximate surface area is 223 Å². The van der Waals surface area contributed by atoms with E-state index < -0.39 is 15.9 Å². The Morgan fingerprint density at radius 3 is 2.29 bits per heavy atom. The van der Waals surface area contributed by atoms with Crippen molar-refractivity contribution >= 4 is 27.5 Å². The smallest absolute Gasteiger partial charge is 0.260 e. The van der Waals surface area contributed by atoms with Crippen LogP contribution in [0.2, 0.25) is 0 Å². The first-order chi connectivity index (χ1) is 18.2. The molecule has 4 rings (SSSR count). The molecular formula is C27H35N3O7S. The van der Waals surface area contributed by atoms with Crippen LogP contribution in [0.4, 0.5) is 5.69 Å². The van der Waals surface area contributed by atoms with Gasteiger partial charge in [-0.05, 0) is 60.7 Å². The number of rotatable bonds is 8. The first-order valence-electron chi connectivity index (χ1n) is 12.7. The molecular weight excluding hydrogens is 510 g/mol. The van der Waals surface area contributed by atoms with E-state index >= 15 is 0 Å². The van der Waals surface area contributed by atoms with Gasteiger partial charge in [0.15, 0.2) is 18.1 Å². The van der Waals surface area contributed by atoms with Crippen LogP contribution in [0.3, 0.4) is 0 Å². The molecule has 0 bridgehead atoms. The SMILES string of the molecule is COc1cc(C(=O)Nc2ccc(S(=O)(=O)N3C[C@H](C)C[C@@H](C)C3)cc2)ccc1OCC(=O)N1CCOCC1. The third kappa shape index (κ3) is 6.64. The summed E-state index contributed by atoms with van der Waals surface area (Å²) in [4.78, 5) is 27.1. The molecule has 2 atom stereocenters. The molecule has 0 radical (unpaired) electrons. The van der Waals surface area contributed by atoms with Gasteiger partial charge in [0, 0.05) is 37.4 Å². The summed E-state index contributed by atoms with van der Waals surface area (Å²) in [5.41, 5.74) is 0.784. The highest BCUT2D eigenvalue weighted by atomic mass is 32.2. The summed E-state index contributed by atoms with van der Waals surface area (Å²) in [7, 11) is -2.15. The van der Waals surface area contributed by atoms with E-state index in [1.165, 1.54) is 25.3 Å². The van der Waals surface area contributed by atoms with Crippen LogP contribution in [0, 0.1) is 11.8 Å². The highest BCUT2D eigenvalue weighted by molar-refractivity contribution is 7.89. The lowest BCUT2D eigenvalue weighted by atomic mass is 9.94. The summed E-state index contributed by atoms with van der Waals surface area (Å²) in [6.07, 6.45) is 1.02. The van der Waals surface area contributed by atoms with Gasteiger partial charge in [0.1, 0.15) is 0 Å². The van der Waals surface area contributed by atoms with E-state index in [2.05, 4.69) is 19.2 Å². The van der Waals surface area contributed by atoms with Crippen LogP contribution in [0.15, 0.2) is 47.4 Å². The van der Waals surface area contributed by atoms with E-state index in [0.717, 1.165) is 6.42 Å². The Hall–Kier alpha value is -3.15. The molecule has 10 nitrogen and oxygen atoms in total. The van der Waals surface area contributed by atoms with E-state index in [-0.39, 0.29) is 17.4 Å². The fourth-order valence-corrected chi connectivity index (χ4v) is 6.52. The standard InChI is InChI=1S/C27H35N3O7S/c1-19-14-20(2)17-30(16-19)38(33,34)23-7-5-22(6-8-23)28-27(32)21-4-9-24(25(15-21)35-3)37-18-26(31)29-10-12-36-13-11-29/h4-9,15,19-20H,10-14,16-18H2,1-3H3,(H,28,32)/t19-,20-/m1/s1. The number of methoxy groups -OCH3 is 1. The average Bonchev–Trinajstić information content (AvgIpc) is 2.91. The highest BCUT2D eigenvalue weighted by Gasteiger charge is 2.31. The van der Waals surface area contributed by atoms with Crippen molar-refractivity contribution in [1.82, 2.24) is 9.21 Å². The second-order valence-corrected chi connectivity index (χ2v) is 11.8. The van der Waals surface area contributed by atoms with Crippen molar-refractivity contribution in [2.24, 2.45) is 11.8 Å². The third-order valence-electron chi connectivity index (χ3n) is 6.73. The van der Waals surface area contributed by atoms with Crippen LogP contribution in [0.1, 0.15) is 30.6 Å². The molecule has 11 heteroatoms. The topological polar surface area (TPSA) is 114 Å². The summed E-state index contributed by atoms with van der Waals surface area (Å²) in [6.45, 7) is 7.08. The first kappa shape index (κ1) is 27.9. The summed E-state index contributed by atoms with van der Waals surface area (Å²) < 4.78 is 44.0. The number of benzene rings is 2. The quantitative estimate of drug-likeness (QED) is 0.543. The van der Waals surface area contributed by atoms with Gasteiger partial charge in [-0.2, -0.15) is 4.31 Å². The van der Waals surface area contributed by atoms with Crippen molar-refractivity contribution in [1.29, 1.82) is 0 Å². The van der Waals surface area contributed by atoms with Crippen LogP contribution in [-0.4, -0.2) is 82.5 Å². The molecule has 0 spiro atoms. The maximum absolute atomic E-state index is 13.1. The molecule has 2 aliphatic rings. The maximum Gasteiger partial charge on any atom is 0.260 e. The van der Waals surface area contributed by atoms with E-state index in [0.29, 0.717) is 74.0 Å². The molecule has 0 aromatic heterocycles. The molecule has 38 heavy (non-hydrogen) atoms. The number of anilines is 1.